The summed E-state index contributed by atoms with van der Waals surface area (Å²) in [6, 6.07) is 10.3. The predicted molar refractivity (Wildman–Crippen MR) is 108 cm³/mol. The molecule has 28 heavy (non-hydrogen) atoms. The van der Waals surface area contributed by atoms with Gasteiger partial charge in [-0.3, -0.25) is 9.69 Å². The molecular weight excluding hydrogens is 352 g/mol. The highest BCUT2D eigenvalue weighted by molar-refractivity contribution is 5.81. The van der Waals surface area contributed by atoms with Crippen LogP contribution in [0.15, 0.2) is 36.5 Å². The molecule has 2 aromatic rings. The number of nitrogens with one attached hydrogen (secondary N) is 2. The van der Waals surface area contributed by atoms with Gasteiger partial charge in [-0.1, -0.05) is 23.4 Å². The van der Waals surface area contributed by atoms with Crippen LogP contribution < -0.4 is 10.6 Å². The third kappa shape index (κ3) is 4.42. The molecule has 150 valence electrons. The van der Waals surface area contributed by atoms with Gasteiger partial charge < -0.3 is 10.6 Å². The second-order valence-corrected chi connectivity index (χ2v) is 8.00. The molecule has 2 aliphatic rings. The van der Waals surface area contributed by atoms with E-state index < -0.39 is 0 Å². The standard InChI is InChI=1S/C21H30N6O/c1-16(20-15-27(25-24-20)18-8-3-2-4-9-18)26-12-6-7-17(14-26)13-23-21(28)19-10-5-11-22-19/h2-4,8-9,15-17,19,22H,5-7,10-14H2,1H3,(H,23,28). The molecule has 2 fully saturated rings. The van der Waals surface area contributed by atoms with Crippen LogP contribution in [0.3, 0.4) is 0 Å². The molecule has 7 nitrogen and oxygen atoms in total. The molecule has 4 rings (SSSR count). The van der Waals surface area contributed by atoms with Crippen molar-refractivity contribution >= 4 is 5.91 Å². The van der Waals surface area contributed by atoms with E-state index in [-0.39, 0.29) is 18.0 Å². The number of aromatic nitrogens is 3. The first kappa shape index (κ1) is 19.1. The number of para-hydroxylation sites is 1. The van der Waals surface area contributed by atoms with Crippen molar-refractivity contribution in [1.82, 2.24) is 30.5 Å². The maximum absolute atomic E-state index is 12.3. The number of hydrogen-bond acceptors (Lipinski definition) is 5. The van der Waals surface area contributed by atoms with Crippen LogP contribution in [0.1, 0.15) is 44.3 Å². The average molecular weight is 383 g/mol. The van der Waals surface area contributed by atoms with E-state index in [1.165, 1.54) is 0 Å². The monoisotopic (exact) mass is 382 g/mol. The maximum Gasteiger partial charge on any atom is 0.237 e. The second kappa shape index (κ2) is 8.84. The highest BCUT2D eigenvalue weighted by Gasteiger charge is 2.27. The Balaban J connectivity index is 1.32. The van der Waals surface area contributed by atoms with Crippen LogP contribution in [0.25, 0.3) is 5.69 Å². The van der Waals surface area contributed by atoms with Crippen LogP contribution in [0.2, 0.25) is 0 Å². The zero-order valence-corrected chi connectivity index (χ0v) is 16.6. The average Bonchev–Trinajstić information content (AvgIpc) is 3.45. The Kier molecular flexibility index (Phi) is 6.02. The van der Waals surface area contributed by atoms with E-state index in [9.17, 15) is 4.79 Å². The molecule has 0 saturated carbocycles. The van der Waals surface area contributed by atoms with Gasteiger partial charge in [0.1, 0.15) is 0 Å². The lowest BCUT2D eigenvalue weighted by atomic mass is 9.96. The van der Waals surface area contributed by atoms with Crippen molar-refractivity contribution in [3.63, 3.8) is 0 Å². The molecule has 0 radical (unpaired) electrons. The fourth-order valence-electron chi connectivity index (χ4n) is 4.25. The summed E-state index contributed by atoms with van der Waals surface area (Å²) in [6.07, 6.45) is 6.39. The SMILES string of the molecule is CC(c1cn(-c2ccccc2)nn1)N1CCCC(CNC(=O)C2CCCN2)C1. The van der Waals surface area contributed by atoms with Crippen LogP contribution in [-0.4, -0.2) is 58.0 Å². The number of carbonyl (C=O) groups is 1. The number of hydrogen-bond donors (Lipinski definition) is 2. The largest absolute Gasteiger partial charge is 0.354 e. The summed E-state index contributed by atoms with van der Waals surface area (Å²) in [4.78, 5) is 14.7. The lowest BCUT2D eigenvalue weighted by Crippen LogP contribution is -2.45. The normalized spacial score (nSPS) is 24.2. The molecule has 7 heteroatoms. The summed E-state index contributed by atoms with van der Waals surface area (Å²) in [7, 11) is 0. The predicted octanol–water partition coefficient (Wildman–Crippen LogP) is 1.91. The van der Waals surface area contributed by atoms with Gasteiger partial charge in [0.15, 0.2) is 0 Å². The van der Waals surface area contributed by atoms with Crippen molar-refractivity contribution in [3.05, 3.63) is 42.2 Å². The van der Waals surface area contributed by atoms with E-state index in [0.29, 0.717) is 5.92 Å². The van der Waals surface area contributed by atoms with Gasteiger partial charge in [0.05, 0.1) is 29.7 Å². The molecular formula is C21H30N6O. The number of likely N-dealkylation sites (tertiary alicyclic amines) is 1. The summed E-state index contributed by atoms with van der Waals surface area (Å²) in [5.41, 5.74) is 2.01. The topological polar surface area (TPSA) is 75.1 Å². The maximum atomic E-state index is 12.3. The van der Waals surface area contributed by atoms with Gasteiger partial charge in [0, 0.05) is 13.1 Å². The first-order valence-electron chi connectivity index (χ1n) is 10.4. The first-order valence-corrected chi connectivity index (χ1v) is 10.4. The second-order valence-electron chi connectivity index (χ2n) is 8.00. The molecule has 0 bridgehead atoms. The van der Waals surface area contributed by atoms with E-state index in [4.69, 9.17) is 0 Å². The minimum atomic E-state index is 0.00615. The van der Waals surface area contributed by atoms with Gasteiger partial charge in [0.2, 0.25) is 5.91 Å². The van der Waals surface area contributed by atoms with Gasteiger partial charge in [-0.15, -0.1) is 5.10 Å². The van der Waals surface area contributed by atoms with E-state index in [1.54, 1.807) is 0 Å². The van der Waals surface area contributed by atoms with Crippen molar-refractivity contribution in [2.75, 3.05) is 26.2 Å². The van der Waals surface area contributed by atoms with Gasteiger partial charge in [-0.2, -0.15) is 0 Å². The Morgan fingerprint density at radius 1 is 1.29 bits per heavy atom. The highest BCUT2D eigenvalue weighted by Crippen LogP contribution is 2.25. The molecule has 2 aliphatic heterocycles. The van der Waals surface area contributed by atoms with Crippen LogP contribution in [-0.2, 0) is 4.79 Å². The third-order valence-electron chi connectivity index (χ3n) is 6.00. The fourth-order valence-corrected chi connectivity index (χ4v) is 4.25. The van der Waals surface area contributed by atoms with Gasteiger partial charge in [0.25, 0.3) is 0 Å². The molecule has 3 heterocycles. The van der Waals surface area contributed by atoms with E-state index in [0.717, 1.165) is 63.2 Å². The summed E-state index contributed by atoms with van der Waals surface area (Å²) in [6.45, 7) is 5.96. The smallest absolute Gasteiger partial charge is 0.237 e. The molecule has 1 aromatic carbocycles. The Labute approximate surface area is 166 Å². The minimum absolute atomic E-state index is 0.00615. The van der Waals surface area contributed by atoms with Crippen LogP contribution in [0.4, 0.5) is 0 Å². The minimum Gasteiger partial charge on any atom is -0.354 e. The Hall–Kier alpha value is -2.25. The fraction of sp³-hybridized carbons (Fsp3) is 0.571. The zero-order chi connectivity index (χ0) is 19.3. The number of amides is 1. The first-order chi connectivity index (χ1) is 13.7. The number of rotatable bonds is 6. The Morgan fingerprint density at radius 3 is 2.93 bits per heavy atom. The molecule has 2 N–H and O–H groups in total. The van der Waals surface area contributed by atoms with E-state index >= 15 is 0 Å². The number of piperidine rings is 1. The quantitative estimate of drug-likeness (QED) is 0.798. The number of benzene rings is 1. The number of carbonyl (C=O) groups excluding carboxylic acids is 1. The van der Waals surface area contributed by atoms with Crippen molar-refractivity contribution in [1.29, 1.82) is 0 Å². The Morgan fingerprint density at radius 2 is 2.14 bits per heavy atom. The molecule has 2 saturated heterocycles. The number of nitrogens with zero attached hydrogens (tertiary/aromatic N) is 4. The van der Waals surface area contributed by atoms with Crippen molar-refractivity contribution in [3.8, 4) is 5.69 Å². The van der Waals surface area contributed by atoms with Gasteiger partial charge in [-0.25, -0.2) is 4.68 Å². The molecule has 1 aromatic heterocycles. The van der Waals surface area contributed by atoms with Gasteiger partial charge in [-0.05, 0) is 63.7 Å². The van der Waals surface area contributed by atoms with Gasteiger partial charge >= 0.3 is 0 Å². The molecule has 0 aliphatic carbocycles. The lowest BCUT2D eigenvalue weighted by molar-refractivity contribution is -0.123. The summed E-state index contributed by atoms with van der Waals surface area (Å²) in [5.74, 6) is 0.652. The summed E-state index contributed by atoms with van der Waals surface area (Å²) >= 11 is 0. The Bertz CT molecular complexity index is 770. The van der Waals surface area contributed by atoms with Crippen LogP contribution >= 0.6 is 0 Å². The van der Waals surface area contributed by atoms with Crippen molar-refractivity contribution in [2.24, 2.45) is 5.92 Å². The highest BCUT2D eigenvalue weighted by atomic mass is 16.2. The zero-order valence-electron chi connectivity index (χ0n) is 16.6. The van der Waals surface area contributed by atoms with E-state index in [1.807, 2.05) is 41.2 Å². The summed E-state index contributed by atoms with van der Waals surface area (Å²) in [5, 5.41) is 15.1. The van der Waals surface area contributed by atoms with Crippen molar-refractivity contribution < 1.29 is 4.79 Å². The van der Waals surface area contributed by atoms with Crippen LogP contribution in [0.5, 0.6) is 0 Å². The van der Waals surface area contributed by atoms with E-state index in [2.05, 4.69) is 32.8 Å². The molecule has 1 amide bonds. The molecule has 3 unspecified atom stereocenters. The third-order valence-corrected chi connectivity index (χ3v) is 6.00. The molecule has 3 atom stereocenters. The van der Waals surface area contributed by atoms with Crippen molar-refractivity contribution in [2.45, 2.75) is 44.7 Å². The van der Waals surface area contributed by atoms with Crippen LogP contribution in [0, 0.1) is 5.92 Å². The lowest BCUT2D eigenvalue weighted by Gasteiger charge is -2.36. The summed E-state index contributed by atoms with van der Waals surface area (Å²) < 4.78 is 1.84. The molecule has 0 spiro atoms.